The summed E-state index contributed by atoms with van der Waals surface area (Å²) < 4.78 is 5.37. The monoisotopic (exact) mass is 171 g/mol. The molecule has 1 fully saturated rings. The molecule has 1 unspecified atom stereocenters. The van der Waals surface area contributed by atoms with E-state index in [1.165, 1.54) is 0 Å². The Hall–Kier alpha value is -0.570. The van der Waals surface area contributed by atoms with Crippen molar-refractivity contribution < 1.29 is 9.53 Å². The maximum Gasteiger partial charge on any atom is 0.222 e. The number of rotatable bonds is 3. The quantitative estimate of drug-likeness (QED) is 0.686. The molecule has 0 radical (unpaired) electrons. The molecule has 12 heavy (non-hydrogen) atoms. The number of amides is 1. The minimum Gasteiger partial charge on any atom is -0.376 e. The Labute approximate surface area is 73.5 Å². The second kappa shape index (κ2) is 4.45. The lowest BCUT2D eigenvalue weighted by atomic mass is 10.2. The average Bonchev–Trinajstić information content (AvgIpc) is 2.51. The molecule has 0 saturated carbocycles. The number of hydrogen-bond donors (Lipinski definition) is 1. The summed E-state index contributed by atoms with van der Waals surface area (Å²) >= 11 is 0. The third kappa shape index (κ3) is 2.81. The van der Waals surface area contributed by atoms with Crippen LogP contribution in [0.2, 0.25) is 0 Å². The third-order valence-corrected chi connectivity index (χ3v) is 2.05. The predicted molar refractivity (Wildman–Crippen MR) is 46.8 cm³/mol. The molecule has 70 valence electrons. The van der Waals surface area contributed by atoms with Crippen molar-refractivity contribution in [3.05, 3.63) is 0 Å². The van der Waals surface area contributed by atoms with E-state index in [0.29, 0.717) is 6.54 Å². The zero-order valence-corrected chi connectivity index (χ0v) is 7.80. The van der Waals surface area contributed by atoms with Crippen LogP contribution in [0.3, 0.4) is 0 Å². The van der Waals surface area contributed by atoms with E-state index < -0.39 is 0 Å². The van der Waals surface area contributed by atoms with E-state index >= 15 is 0 Å². The number of ether oxygens (including phenoxy) is 1. The number of nitrogens with one attached hydrogen (secondary N) is 1. The summed E-state index contributed by atoms with van der Waals surface area (Å²) in [6.07, 6.45) is 2.47. The van der Waals surface area contributed by atoms with Crippen LogP contribution in [0.15, 0.2) is 0 Å². The smallest absolute Gasteiger partial charge is 0.222 e. The van der Waals surface area contributed by atoms with Crippen molar-refractivity contribution in [2.75, 3.05) is 13.2 Å². The maximum atomic E-state index is 11.1. The van der Waals surface area contributed by atoms with Crippen LogP contribution in [-0.2, 0) is 9.53 Å². The van der Waals surface area contributed by atoms with Gasteiger partial charge in [0, 0.05) is 19.1 Å². The molecule has 0 aromatic heterocycles. The molecule has 1 rings (SSSR count). The van der Waals surface area contributed by atoms with E-state index in [4.69, 9.17) is 4.74 Å². The minimum absolute atomic E-state index is 0.0754. The highest BCUT2D eigenvalue weighted by atomic mass is 16.5. The average molecular weight is 171 g/mol. The van der Waals surface area contributed by atoms with E-state index in [-0.39, 0.29) is 17.9 Å². The van der Waals surface area contributed by atoms with Crippen molar-refractivity contribution in [1.29, 1.82) is 0 Å². The SMILES string of the molecule is CC(C)C(=O)NCC1CCCO1. The van der Waals surface area contributed by atoms with Gasteiger partial charge in [0.15, 0.2) is 0 Å². The topological polar surface area (TPSA) is 38.3 Å². The molecule has 1 atom stereocenters. The molecular weight excluding hydrogens is 154 g/mol. The van der Waals surface area contributed by atoms with Gasteiger partial charge in [0.25, 0.3) is 0 Å². The lowest BCUT2D eigenvalue weighted by molar-refractivity contribution is -0.124. The first-order chi connectivity index (χ1) is 5.70. The van der Waals surface area contributed by atoms with E-state index in [0.717, 1.165) is 19.4 Å². The van der Waals surface area contributed by atoms with Crippen molar-refractivity contribution in [2.45, 2.75) is 32.8 Å². The Bertz CT molecular complexity index is 151. The first-order valence-corrected chi connectivity index (χ1v) is 4.59. The second-order valence-corrected chi connectivity index (χ2v) is 3.53. The van der Waals surface area contributed by atoms with Crippen molar-refractivity contribution in [2.24, 2.45) is 5.92 Å². The standard InChI is InChI=1S/C9H17NO2/c1-7(2)9(11)10-6-8-4-3-5-12-8/h7-8H,3-6H2,1-2H3,(H,10,11). The van der Waals surface area contributed by atoms with Gasteiger partial charge in [0.1, 0.15) is 0 Å². The molecule has 1 aliphatic rings. The Morgan fingerprint density at radius 2 is 2.42 bits per heavy atom. The molecule has 0 spiro atoms. The normalized spacial score (nSPS) is 23.1. The van der Waals surface area contributed by atoms with Gasteiger partial charge in [-0.15, -0.1) is 0 Å². The van der Waals surface area contributed by atoms with Gasteiger partial charge in [-0.05, 0) is 12.8 Å². The van der Waals surface area contributed by atoms with Crippen LogP contribution in [0.1, 0.15) is 26.7 Å². The summed E-state index contributed by atoms with van der Waals surface area (Å²) in [6.45, 7) is 5.31. The van der Waals surface area contributed by atoms with Crippen LogP contribution in [0, 0.1) is 5.92 Å². The Balaban J connectivity index is 2.12. The van der Waals surface area contributed by atoms with Crippen molar-refractivity contribution >= 4 is 5.91 Å². The van der Waals surface area contributed by atoms with Crippen LogP contribution >= 0.6 is 0 Å². The molecule has 1 aliphatic heterocycles. The first kappa shape index (κ1) is 9.52. The minimum atomic E-state index is 0.0754. The molecule has 3 nitrogen and oxygen atoms in total. The van der Waals surface area contributed by atoms with Crippen LogP contribution in [0.25, 0.3) is 0 Å². The molecule has 1 amide bonds. The molecule has 1 heterocycles. The van der Waals surface area contributed by atoms with E-state index in [1.54, 1.807) is 0 Å². The Morgan fingerprint density at radius 1 is 1.67 bits per heavy atom. The molecule has 1 saturated heterocycles. The fourth-order valence-electron chi connectivity index (χ4n) is 1.22. The second-order valence-electron chi connectivity index (χ2n) is 3.53. The number of hydrogen-bond acceptors (Lipinski definition) is 2. The summed E-state index contributed by atoms with van der Waals surface area (Å²) in [7, 11) is 0. The van der Waals surface area contributed by atoms with Gasteiger partial charge in [-0.25, -0.2) is 0 Å². The Morgan fingerprint density at radius 3 is 2.92 bits per heavy atom. The number of carbonyl (C=O) groups excluding carboxylic acids is 1. The third-order valence-electron chi connectivity index (χ3n) is 2.05. The summed E-state index contributed by atoms with van der Waals surface area (Å²) in [6, 6.07) is 0. The van der Waals surface area contributed by atoms with Crippen molar-refractivity contribution in [3.8, 4) is 0 Å². The Kier molecular flexibility index (Phi) is 3.53. The number of carbonyl (C=O) groups is 1. The van der Waals surface area contributed by atoms with Gasteiger partial charge in [-0.3, -0.25) is 4.79 Å². The van der Waals surface area contributed by atoms with Gasteiger partial charge in [-0.1, -0.05) is 13.8 Å². The van der Waals surface area contributed by atoms with Gasteiger partial charge in [0.2, 0.25) is 5.91 Å². The first-order valence-electron chi connectivity index (χ1n) is 4.59. The highest BCUT2D eigenvalue weighted by molar-refractivity contribution is 5.77. The molecule has 0 aromatic carbocycles. The summed E-state index contributed by atoms with van der Waals surface area (Å²) in [4.78, 5) is 11.1. The lowest BCUT2D eigenvalue weighted by Crippen LogP contribution is -2.34. The van der Waals surface area contributed by atoms with Gasteiger partial charge < -0.3 is 10.1 Å². The molecule has 0 bridgehead atoms. The summed E-state index contributed by atoms with van der Waals surface area (Å²) in [5, 5.41) is 2.86. The van der Waals surface area contributed by atoms with Crippen LogP contribution < -0.4 is 5.32 Å². The van der Waals surface area contributed by atoms with Crippen LogP contribution in [-0.4, -0.2) is 25.2 Å². The van der Waals surface area contributed by atoms with Crippen molar-refractivity contribution in [3.63, 3.8) is 0 Å². The van der Waals surface area contributed by atoms with E-state index in [1.807, 2.05) is 13.8 Å². The maximum absolute atomic E-state index is 11.1. The fourth-order valence-corrected chi connectivity index (χ4v) is 1.22. The van der Waals surface area contributed by atoms with Gasteiger partial charge >= 0.3 is 0 Å². The summed E-state index contributed by atoms with van der Waals surface area (Å²) in [5.74, 6) is 0.192. The van der Waals surface area contributed by atoms with E-state index in [9.17, 15) is 4.79 Å². The fraction of sp³-hybridized carbons (Fsp3) is 0.889. The molecular formula is C9H17NO2. The van der Waals surface area contributed by atoms with Gasteiger partial charge in [0.05, 0.1) is 6.10 Å². The van der Waals surface area contributed by atoms with E-state index in [2.05, 4.69) is 5.32 Å². The summed E-state index contributed by atoms with van der Waals surface area (Å²) in [5.41, 5.74) is 0. The highest BCUT2D eigenvalue weighted by Gasteiger charge is 2.16. The molecule has 0 aliphatic carbocycles. The van der Waals surface area contributed by atoms with Crippen LogP contribution in [0.5, 0.6) is 0 Å². The molecule has 3 heteroatoms. The molecule has 0 aromatic rings. The van der Waals surface area contributed by atoms with Crippen LogP contribution in [0.4, 0.5) is 0 Å². The highest BCUT2D eigenvalue weighted by Crippen LogP contribution is 2.10. The zero-order chi connectivity index (χ0) is 8.97. The predicted octanol–water partition coefficient (Wildman–Crippen LogP) is 0.938. The van der Waals surface area contributed by atoms with Gasteiger partial charge in [-0.2, -0.15) is 0 Å². The molecule has 1 N–H and O–H groups in total. The largest absolute Gasteiger partial charge is 0.376 e. The lowest BCUT2D eigenvalue weighted by Gasteiger charge is -2.11. The van der Waals surface area contributed by atoms with Crippen molar-refractivity contribution in [1.82, 2.24) is 5.32 Å². The zero-order valence-electron chi connectivity index (χ0n) is 7.80.